The first-order valence-electron chi connectivity index (χ1n) is 21.8. The molecule has 6 aromatic carbocycles. The van der Waals surface area contributed by atoms with Crippen molar-refractivity contribution in [2.45, 2.75) is 81.2 Å². The summed E-state index contributed by atoms with van der Waals surface area (Å²) in [7, 11) is 2.22. The standard InChI is InChI=1S/C52H47N.3C2H6/c1-34-14-7-8-15-39(34)23-21-35(2)49(32-37(4)50-33-42-16-9-10-17-44(42)46-18-11-12-19-47(46)50)43-29-30-48-45(28-22-36(3)52(48)38(43)5)40-24-26-41(27-25-40)51-20-13-31-53(51)6;3*1-2/h7-24,26,28-30,32-33,51H,2,4,25,27,31H2,1,3,5-6H3;3*1-2H3/b23-21-,49-32-;;;. The molecule has 0 amide bonds. The van der Waals surface area contributed by atoms with Gasteiger partial charge in [0.1, 0.15) is 0 Å². The average molecular weight is 776 g/mol. The van der Waals surface area contributed by atoms with E-state index in [2.05, 4.69) is 178 Å². The van der Waals surface area contributed by atoms with E-state index in [1.807, 2.05) is 41.5 Å². The number of allylic oxidation sites excluding steroid dienone is 8. The lowest BCUT2D eigenvalue weighted by atomic mass is 9.83. The molecule has 0 fully saturated rings. The molecule has 1 aliphatic carbocycles. The van der Waals surface area contributed by atoms with E-state index in [0.29, 0.717) is 6.04 Å². The van der Waals surface area contributed by atoms with Crippen molar-refractivity contribution in [1.29, 1.82) is 0 Å². The van der Waals surface area contributed by atoms with E-state index < -0.39 is 0 Å². The number of aryl methyl sites for hydroxylation is 3. The average Bonchev–Trinajstić information content (AvgIpc) is 3.72. The summed E-state index contributed by atoms with van der Waals surface area (Å²) in [6.45, 7) is 29.1. The van der Waals surface area contributed by atoms with Crippen molar-refractivity contribution < 1.29 is 0 Å². The molecule has 0 saturated heterocycles. The van der Waals surface area contributed by atoms with Crippen LogP contribution in [-0.2, 0) is 0 Å². The molecular weight excluding hydrogens is 711 g/mol. The van der Waals surface area contributed by atoms with Crippen molar-refractivity contribution in [1.82, 2.24) is 4.90 Å². The molecule has 0 spiro atoms. The van der Waals surface area contributed by atoms with E-state index in [1.54, 1.807) is 0 Å². The largest absolute Gasteiger partial charge is 0.293 e. The summed E-state index contributed by atoms with van der Waals surface area (Å²) in [5.41, 5.74) is 14.6. The number of hydrogen-bond donors (Lipinski definition) is 0. The molecule has 1 heteroatoms. The molecule has 1 atom stereocenters. The molecular formula is C58H65N. The Morgan fingerprint density at radius 3 is 2.02 bits per heavy atom. The Kier molecular flexibility index (Phi) is 15.6. The normalized spacial score (nSPS) is 15.2. The summed E-state index contributed by atoms with van der Waals surface area (Å²) in [6, 6.07) is 37.8. The van der Waals surface area contributed by atoms with Gasteiger partial charge in [0.25, 0.3) is 0 Å². The van der Waals surface area contributed by atoms with Gasteiger partial charge in [0, 0.05) is 12.6 Å². The molecule has 1 unspecified atom stereocenters. The number of fused-ring (bicyclic) bond motifs is 4. The zero-order chi connectivity index (χ0) is 42.6. The first-order valence-corrected chi connectivity index (χ1v) is 21.8. The third-order valence-electron chi connectivity index (χ3n) is 11.5. The molecule has 1 aliphatic heterocycles. The summed E-state index contributed by atoms with van der Waals surface area (Å²) in [6.07, 6.45) is 18.1. The molecule has 0 saturated carbocycles. The topological polar surface area (TPSA) is 3.24 Å². The fourth-order valence-electron chi connectivity index (χ4n) is 8.51. The second kappa shape index (κ2) is 20.8. The minimum absolute atomic E-state index is 0.424. The van der Waals surface area contributed by atoms with Gasteiger partial charge in [-0.15, -0.1) is 0 Å². The lowest BCUT2D eigenvalue weighted by molar-refractivity contribution is 0.360. The number of benzene rings is 6. The summed E-state index contributed by atoms with van der Waals surface area (Å²) < 4.78 is 0. The number of nitrogens with zero attached hydrogens (tertiary/aromatic N) is 1. The second-order valence-electron chi connectivity index (χ2n) is 14.8. The van der Waals surface area contributed by atoms with E-state index in [1.165, 1.54) is 76.8 Å². The van der Waals surface area contributed by atoms with Crippen LogP contribution in [0.3, 0.4) is 0 Å². The highest BCUT2D eigenvalue weighted by Gasteiger charge is 2.23. The van der Waals surface area contributed by atoms with Crippen molar-refractivity contribution >= 4 is 55.1 Å². The van der Waals surface area contributed by atoms with Crippen molar-refractivity contribution in [3.8, 4) is 0 Å². The Hall–Kier alpha value is -5.76. The Balaban J connectivity index is 0.00000106. The lowest BCUT2D eigenvalue weighted by Crippen LogP contribution is -2.27. The molecule has 2 aliphatic rings. The molecule has 302 valence electrons. The highest BCUT2D eigenvalue weighted by atomic mass is 15.1. The van der Waals surface area contributed by atoms with Crippen LogP contribution in [0.15, 0.2) is 164 Å². The summed E-state index contributed by atoms with van der Waals surface area (Å²) in [4.78, 5) is 2.42. The third-order valence-corrected chi connectivity index (χ3v) is 11.5. The van der Waals surface area contributed by atoms with Gasteiger partial charge in [-0.1, -0.05) is 188 Å². The molecule has 1 heterocycles. The van der Waals surface area contributed by atoms with E-state index in [9.17, 15) is 0 Å². The monoisotopic (exact) mass is 776 g/mol. The van der Waals surface area contributed by atoms with Gasteiger partial charge in [0.05, 0.1) is 0 Å². The third kappa shape index (κ3) is 9.43. The molecule has 8 rings (SSSR count). The Labute approximate surface area is 356 Å². The van der Waals surface area contributed by atoms with Crippen LogP contribution in [-0.4, -0.2) is 24.5 Å². The van der Waals surface area contributed by atoms with Gasteiger partial charge >= 0.3 is 0 Å². The molecule has 0 radical (unpaired) electrons. The quantitative estimate of drug-likeness (QED) is 0.0845. The number of likely N-dealkylation sites (N-methyl/N-ethyl adjacent to an activating group) is 1. The zero-order valence-electron chi connectivity index (χ0n) is 37.4. The summed E-state index contributed by atoms with van der Waals surface area (Å²) in [5.74, 6) is 0. The van der Waals surface area contributed by atoms with Crippen LogP contribution in [0.5, 0.6) is 0 Å². The van der Waals surface area contributed by atoms with E-state index in [0.717, 1.165) is 41.7 Å². The highest BCUT2D eigenvalue weighted by molar-refractivity contribution is 6.13. The highest BCUT2D eigenvalue weighted by Crippen LogP contribution is 2.40. The summed E-state index contributed by atoms with van der Waals surface area (Å²) >= 11 is 0. The lowest BCUT2D eigenvalue weighted by Gasteiger charge is -2.25. The second-order valence-corrected chi connectivity index (χ2v) is 14.8. The first-order chi connectivity index (χ1) is 28.8. The van der Waals surface area contributed by atoms with E-state index in [4.69, 9.17) is 13.2 Å². The van der Waals surface area contributed by atoms with Crippen LogP contribution in [0.1, 0.15) is 93.3 Å². The maximum absolute atomic E-state index is 4.72. The molecule has 6 aromatic rings. The molecule has 59 heavy (non-hydrogen) atoms. The van der Waals surface area contributed by atoms with Gasteiger partial charge in [-0.05, 0) is 152 Å². The van der Waals surface area contributed by atoms with Crippen molar-refractivity contribution in [3.05, 3.63) is 203 Å². The number of hydrogen-bond acceptors (Lipinski definition) is 1. The van der Waals surface area contributed by atoms with Crippen LogP contribution in [0.4, 0.5) is 0 Å². The van der Waals surface area contributed by atoms with Gasteiger partial charge in [-0.3, -0.25) is 4.90 Å². The van der Waals surface area contributed by atoms with Crippen LogP contribution < -0.4 is 0 Å². The van der Waals surface area contributed by atoms with Gasteiger partial charge in [0.15, 0.2) is 0 Å². The fourth-order valence-corrected chi connectivity index (χ4v) is 8.51. The van der Waals surface area contributed by atoms with Crippen LogP contribution >= 0.6 is 0 Å². The smallest absolute Gasteiger partial charge is 0.0494 e. The minimum atomic E-state index is 0.424. The maximum Gasteiger partial charge on any atom is 0.0494 e. The predicted octanol–water partition coefficient (Wildman–Crippen LogP) is 16.5. The summed E-state index contributed by atoms with van der Waals surface area (Å²) in [5, 5.41) is 7.55. The SMILES string of the molecule is C=C(/C=C\c1ccccc1C)/C(=C/C(=C)c1cc2ccccc2c2ccccc12)c1ccc2c(C3=CC=C(C4C=CCN4C)CC3)ccc(C)c2c1C.CC.CC.CC. The zero-order valence-corrected chi connectivity index (χ0v) is 37.4. The van der Waals surface area contributed by atoms with Gasteiger partial charge in [-0.2, -0.15) is 0 Å². The van der Waals surface area contributed by atoms with Gasteiger partial charge < -0.3 is 0 Å². The van der Waals surface area contributed by atoms with Gasteiger partial charge in [0.2, 0.25) is 0 Å². The molecule has 1 nitrogen and oxygen atoms in total. The van der Waals surface area contributed by atoms with Crippen LogP contribution in [0.25, 0.3) is 55.1 Å². The minimum Gasteiger partial charge on any atom is -0.293 e. The number of rotatable bonds is 8. The fraction of sp³-hybridized carbons (Fsp3) is 0.241. The van der Waals surface area contributed by atoms with Crippen molar-refractivity contribution in [3.63, 3.8) is 0 Å². The van der Waals surface area contributed by atoms with E-state index >= 15 is 0 Å². The van der Waals surface area contributed by atoms with Gasteiger partial charge in [-0.25, -0.2) is 0 Å². The molecule has 0 aromatic heterocycles. The van der Waals surface area contributed by atoms with Crippen molar-refractivity contribution in [2.75, 3.05) is 13.6 Å². The van der Waals surface area contributed by atoms with Crippen LogP contribution in [0, 0.1) is 20.8 Å². The first kappa shape index (κ1) is 44.3. The molecule has 0 N–H and O–H groups in total. The molecule has 0 bridgehead atoms. The maximum atomic E-state index is 4.72. The van der Waals surface area contributed by atoms with E-state index in [-0.39, 0.29) is 0 Å². The Bertz CT molecular complexity index is 2620. The Morgan fingerprint density at radius 2 is 1.34 bits per heavy atom. The predicted molar refractivity (Wildman–Crippen MR) is 266 cm³/mol. The van der Waals surface area contributed by atoms with Crippen LogP contribution in [0.2, 0.25) is 0 Å². The Morgan fingerprint density at radius 1 is 0.661 bits per heavy atom. The van der Waals surface area contributed by atoms with Crippen molar-refractivity contribution in [2.24, 2.45) is 0 Å².